The normalized spacial score (nSPS) is 11.4. The van der Waals surface area contributed by atoms with Gasteiger partial charge in [-0.1, -0.05) is 35.9 Å². The topological polar surface area (TPSA) is 55.8 Å². The molecular formula is C18H25NO4. The summed E-state index contributed by atoms with van der Waals surface area (Å²) in [5.41, 5.74) is 1.93. The fraction of sp³-hybridized carbons (Fsp3) is 0.444. The van der Waals surface area contributed by atoms with Crippen LogP contribution in [0.2, 0.25) is 0 Å². The van der Waals surface area contributed by atoms with E-state index in [-0.39, 0.29) is 18.5 Å². The molecule has 0 saturated carbocycles. The highest BCUT2D eigenvalue weighted by Crippen LogP contribution is 2.08. The third-order valence-corrected chi connectivity index (χ3v) is 3.03. The molecule has 1 rings (SSSR count). The number of carbonyl (C=O) groups is 2. The summed E-state index contributed by atoms with van der Waals surface area (Å²) >= 11 is 0. The molecule has 0 radical (unpaired) electrons. The average Bonchev–Trinajstić information content (AvgIpc) is 2.48. The first-order chi connectivity index (χ1) is 11.0. The van der Waals surface area contributed by atoms with Gasteiger partial charge in [0.05, 0.1) is 19.8 Å². The molecule has 0 amide bonds. The Balaban J connectivity index is 2.73. The highest BCUT2D eigenvalue weighted by molar-refractivity contribution is 5.82. The van der Waals surface area contributed by atoms with E-state index in [1.165, 1.54) is 6.08 Å². The molecule has 23 heavy (non-hydrogen) atoms. The smallest absolute Gasteiger partial charge is 0.330 e. The Morgan fingerprint density at radius 1 is 1.04 bits per heavy atom. The lowest BCUT2D eigenvalue weighted by molar-refractivity contribution is -0.144. The van der Waals surface area contributed by atoms with Crippen molar-refractivity contribution >= 4 is 11.9 Å². The Morgan fingerprint density at radius 2 is 1.70 bits per heavy atom. The number of benzene rings is 1. The van der Waals surface area contributed by atoms with Gasteiger partial charge >= 0.3 is 11.9 Å². The van der Waals surface area contributed by atoms with Gasteiger partial charge in [-0.25, -0.2) is 4.79 Å². The van der Waals surface area contributed by atoms with Crippen molar-refractivity contribution in [2.75, 3.05) is 26.3 Å². The molecular weight excluding hydrogens is 294 g/mol. The summed E-state index contributed by atoms with van der Waals surface area (Å²) in [5.74, 6) is -0.631. The Morgan fingerprint density at radius 3 is 2.30 bits per heavy atom. The summed E-state index contributed by atoms with van der Waals surface area (Å²) in [6, 6.07) is 9.87. The quantitative estimate of drug-likeness (QED) is 0.517. The number of hydrogen-bond acceptors (Lipinski definition) is 5. The third-order valence-electron chi connectivity index (χ3n) is 3.03. The maximum Gasteiger partial charge on any atom is 0.330 e. The predicted octanol–water partition coefficient (Wildman–Crippen LogP) is 2.56. The van der Waals surface area contributed by atoms with Gasteiger partial charge in [-0.05, 0) is 26.3 Å². The fourth-order valence-corrected chi connectivity index (χ4v) is 2.18. The molecule has 0 atom stereocenters. The molecule has 126 valence electrons. The van der Waals surface area contributed by atoms with Crippen LogP contribution in [0.3, 0.4) is 0 Å². The highest BCUT2D eigenvalue weighted by atomic mass is 16.5. The van der Waals surface area contributed by atoms with E-state index in [1.807, 2.05) is 42.2 Å². The summed E-state index contributed by atoms with van der Waals surface area (Å²) in [6.07, 6.45) is 1.46. The number of hydrogen-bond donors (Lipinski definition) is 0. The van der Waals surface area contributed by atoms with Crippen LogP contribution in [-0.4, -0.2) is 43.1 Å². The molecule has 1 aromatic rings. The molecule has 0 aliphatic heterocycles. The number of rotatable bonds is 9. The largest absolute Gasteiger partial charge is 0.465 e. The molecule has 1 aromatic carbocycles. The minimum atomic E-state index is -0.360. The molecule has 0 aromatic heterocycles. The van der Waals surface area contributed by atoms with E-state index in [4.69, 9.17) is 9.47 Å². The Labute approximate surface area is 137 Å². The molecule has 0 heterocycles. The van der Waals surface area contributed by atoms with Crippen LogP contribution in [0.5, 0.6) is 0 Å². The fourth-order valence-electron chi connectivity index (χ4n) is 2.18. The van der Waals surface area contributed by atoms with Crippen LogP contribution in [-0.2, 0) is 25.6 Å². The third kappa shape index (κ3) is 8.16. The van der Waals surface area contributed by atoms with Gasteiger partial charge in [0, 0.05) is 19.2 Å². The number of ether oxygens (including phenoxy) is 2. The predicted molar refractivity (Wildman–Crippen MR) is 88.7 cm³/mol. The number of esters is 2. The van der Waals surface area contributed by atoms with Crippen LogP contribution in [0.25, 0.3) is 0 Å². The van der Waals surface area contributed by atoms with Crippen LogP contribution in [0.4, 0.5) is 0 Å². The van der Waals surface area contributed by atoms with Crippen molar-refractivity contribution in [2.24, 2.45) is 0 Å². The standard InChI is InChI=1S/C18H25NO4/c1-4-22-17(20)11-15(3)12-19(14-18(21)23-5-2)13-16-9-7-6-8-10-16/h6-11H,4-5,12-14H2,1-3H3/b15-11+. The monoisotopic (exact) mass is 319 g/mol. The summed E-state index contributed by atoms with van der Waals surface area (Å²) in [5, 5.41) is 0. The van der Waals surface area contributed by atoms with E-state index in [1.54, 1.807) is 13.8 Å². The average molecular weight is 319 g/mol. The van der Waals surface area contributed by atoms with E-state index in [2.05, 4.69) is 0 Å². The van der Waals surface area contributed by atoms with Gasteiger partial charge in [0.2, 0.25) is 0 Å². The van der Waals surface area contributed by atoms with Crippen molar-refractivity contribution in [2.45, 2.75) is 27.3 Å². The lowest BCUT2D eigenvalue weighted by Crippen LogP contribution is -2.32. The summed E-state index contributed by atoms with van der Waals surface area (Å²) in [4.78, 5) is 25.2. The molecule has 0 aliphatic carbocycles. The van der Waals surface area contributed by atoms with Gasteiger partial charge in [0.1, 0.15) is 0 Å². The first-order valence-electron chi connectivity index (χ1n) is 7.81. The van der Waals surface area contributed by atoms with Crippen LogP contribution in [0.15, 0.2) is 42.0 Å². The summed E-state index contributed by atoms with van der Waals surface area (Å²) in [7, 11) is 0. The second-order valence-electron chi connectivity index (χ2n) is 5.18. The molecule has 0 unspecified atom stereocenters. The van der Waals surface area contributed by atoms with E-state index in [9.17, 15) is 9.59 Å². The lowest BCUT2D eigenvalue weighted by atomic mass is 10.2. The van der Waals surface area contributed by atoms with Crippen molar-refractivity contribution in [1.29, 1.82) is 0 Å². The minimum Gasteiger partial charge on any atom is -0.465 e. The van der Waals surface area contributed by atoms with Gasteiger partial charge < -0.3 is 9.47 Å². The molecule has 0 saturated heterocycles. The zero-order chi connectivity index (χ0) is 17.1. The Hall–Kier alpha value is -2.14. The zero-order valence-electron chi connectivity index (χ0n) is 14.1. The van der Waals surface area contributed by atoms with Crippen molar-refractivity contribution in [1.82, 2.24) is 4.90 Å². The Bertz CT molecular complexity index is 525. The zero-order valence-corrected chi connectivity index (χ0v) is 14.1. The first-order valence-corrected chi connectivity index (χ1v) is 7.81. The SMILES string of the molecule is CCOC(=O)/C=C(\C)CN(CC(=O)OCC)Cc1ccccc1. The molecule has 0 aliphatic rings. The van der Waals surface area contributed by atoms with Gasteiger partial charge in [-0.2, -0.15) is 0 Å². The van der Waals surface area contributed by atoms with Crippen molar-refractivity contribution in [3.05, 3.63) is 47.5 Å². The van der Waals surface area contributed by atoms with Crippen LogP contribution in [0.1, 0.15) is 26.3 Å². The maximum atomic E-state index is 11.8. The Kier molecular flexibility index (Phi) is 8.68. The van der Waals surface area contributed by atoms with Gasteiger partial charge in [-0.3, -0.25) is 9.69 Å². The molecule has 5 nitrogen and oxygen atoms in total. The first kappa shape index (κ1) is 18.9. The lowest BCUT2D eigenvalue weighted by Gasteiger charge is -2.21. The number of nitrogens with zero attached hydrogens (tertiary/aromatic N) is 1. The van der Waals surface area contributed by atoms with Crippen molar-refractivity contribution < 1.29 is 19.1 Å². The minimum absolute atomic E-state index is 0.177. The molecule has 0 fully saturated rings. The molecule has 0 N–H and O–H groups in total. The highest BCUT2D eigenvalue weighted by Gasteiger charge is 2.13. The van der Waals surface area contributed by atoms with Crippen molar-refractivity contribution in [3.63, 3.8) is 0 Å². The molecule has 0 spiro atoms. The van der Waals surface area contributed by atoms with Crippen LogP contribution in [0, 0.1) is 0 Å². The van der Waals surface area contributed by atoms with E-state index < -0.39 is 0 Å². The summed E-state index contributed by atoms with van der Waals surface area (Å²) in [6.45, 7) is 7.38. The van der Waals surface area contributed by atoms with Gasteiger partial charge in [0.25, 0.3) is 0 Å². The summed E-state index contributed by atoms with van der Waals surface area (Å²) < 4.78 is 9.93. The van der Waals surface area contributed by atoms with Crippen molar-refractivity contribution in [3.8, 4) is 0 Å². The maximum absolute atomic E-state index is 11.8. The molecule has 0 bridgehead atoms. The van der Waals surface area contributed by atoms with Crippen LogP contribution >= 0.6 is 0 Å². The molecule has 5 heteroatoms. The van der Waals surface area contributed by atoms with Gasteiger partial charge in [-0.15, -0.1) is 0 Å². The van der Waals surface area contributed by atoms with E-state index >= 15 is 0 Å². The number of carbonyl (C=O) groups excluding carboxylic acids is 2. The second kappa shape index (κ2) is 10.6. The van der Waals surface area contributed by atoms with Crippen LogP contribution < -0.4 is 0 Å². The second-order valence-corrected chi connectivity index (χ2v) is 5.18. The van der Waals surface area contributed by atoms with Gasteiger partial charge in [0.15, 0.2) is 0 Å². The van der Waals surface area contributed by atoms with E-state index in [0.29, 0.717) is 26.3 Å². The van der Waals surface area contributed by atoms with E-state index in [0.717, 1.165) is 11.1 Å².